The standard InChI is InChI=1S/C41H46N2O6/c1-47-35-26-31(27-36(48-2)39(35)49-3)38(44)41(46)43-34-25-24-30-20-10-11-23-33(30)37(34)40(45)42-32(21-12-18-28-14-6-4-7-15-28)22-13-19-29-16-8-5-9-17-29/h4-11,14-17,20,23,26-27,32,34,37H,12-13,18-19,21-22,24-25H2,1-3H3,(H,42,45)(H,43,46)/t34-,37-/m1/s1. The predicted molar refractivity (Wildman–Crippen MR) is 191 cm³/mol. The van der Waals surface area contributed by atoms with Crippen molar-refractivity contribution in [1.29, 1.82) is 0 Å². The first-order valence-corrected chi connectivity index (χ1v) is 17.0. The van der Waals surface area contributed by atoms with Gasteiger partial charge in [-0.05, 0) is 85.8 Å². The molecule has 0 spiro atoms. The van der Waals surface area contributed by atoms with Crippen molar-refractivity contribution in [2.75, 3.05) is 21.3 Å². The smallest absolute Gasteiger partial charge is 0.292 e. The van der Waals surface area contributed by atoms with Crippen LogP contribution in [0.2, 0.25) is 0 Å². The molecule has 1 aliphatic rings. The van der Waals surface area contributed by atoms with Crippen LogP contribution in [-0.2, 0) is 28.9 Å². The van der Waals surface area contributed by atoms with Crippen LogP contribution in [0.4, 0.5) is 0 Å². The van der Waals surface area contributed by atoms with Crippen LogP contribution in [0, 0.1) is 0 Å². The Morgan fingerprint density at radius 3 is 1.84 bits per heavy atom. The minimum atomic E-state index is -0.793. The monoisotopic (exact) mass is 662 g/mol. The molecule has 0 aromatic heterocycles. The number of aryl methyl sites for hydroxylation is 3. The Bertz CT molecular complexity index is 1640. The van der Waals surface area contributed by atoms with Crippen LogP contribution >= 0.6 is 0 Å². The molecule has 49 heavy (non-hydrogen) atoms. The van der Waals surface area contributed by atoms with E-state index in [1.54, 1.807) is 0 Å². The summed E-state index contributed by atoms with van der Waals surface area (Å²) in [7, 11) is 4.37. The number of hydrogen-bond acceptors (Lipinski definition) is 6. The molecule has 0 bridgehead atoms. The number of ether oxygens (including phenoxy) is 3. The molecule has 2 atom stereocenters. The lowest BCUT2D eigenvalue weighted by molar-refractivity contribution is -0.125. The van der Waals surface area contributed by atoms with Crippen LogP contribution in [0.25, 0.3) is 0 Å². The second kappa shape index (κ2) is 17.3. The Morgan fingerprint density at radius 1 is 0.735 bits per heavy atom. The maximum atomic E-state index is 14.3. The van der Waals surface area contributed by atoms with Gasteiger partial charge in [-0.1, -0.05) is 84.9 Å². The van der Waals surface area contributed by atoms with E-state index < -0.39 is 23.7 Å². The van der Waals surface area contributed by atoms with Crippen molar-refractivity contribution in [2.45, 2.75) is 69.4 Å². The van der Waals surface area contributed by atoms with Gasteiger partial charge in [0.25, 0.3) is 5.91 Å². The number of carbonyl (C=O) groups excluding carboxylic acids is 3. The highest BCUT2D eigenvalue weighted by Crippen LogP contribution is 2.38. The second-order valence-electron chi connectivity index (χ2n) is 12.5. The quantitative estimate of drug-likeness (QED) is 0.103. The lowest BCUT2D eigenvalue weighted by Crippen LogP contribution is -2.50. The molecule has 256 valence electrons. The number of hydrogen-bond donors (Lipinski definition) is 2. The number of rotatable bonds is 16. The third-order valence-electron chi connectivity index (χ3n) is 9.32. The first kappa shape index (κ1) is 35.2. The van der Waals surface area contributed by atoms with Gasteiger partial charge in [0.15, 0.2) is 11.5 Å². The van der Waals surface area contributed by atoms with Crippen LogP contribution in [0.15, 0.2) is 97.1 Å². The summed E-state index contributed by atoms with van der Waals surface area (Å²) in [5.74, 6) is -1.46. The second-order valence-corrected chi connectivity index (χ2v) is 12.5. The Balaban J connectivity index is 1.33. The molecule has 0 saturated carbocycles. The summed E-state index contributed by atoms with van der Waals surface area (Å²) in [5, 5.41) is 6.32. The highest BCUT2D eigenvalue weighted by molar-refractivity contribution is 6.43. The number of Topliss-reactive ketones (excluding diaryl/α,β-unsaturated/α-hetero) is 1. The molecule has 0 unspecified atom stereocenters. The largest absolute Gasteiger partial charge is 0.493 e. The molecule has 5 rings (SSSR count). The molecule has 0 fully saturated rings. The molecular formula is C41H46N2O6. The first-order chi connectivity index (χ1) is 23.9. The van der Waals surface area contributed by atoms with E-state index in [0.29, 0.717) is 18.6 Å². The summed E-state index contributed by atoms with van der Waals surface area (Å²) in [6, 6.07) is 31.0. The number of methoxy groups -OCH3 is 3. The van der Waals surface area contributed by atoms with Crippen LogP contribution in [0.1, 0.15) is 70.6 Å². The topological polar surface area (TPSA) is 103 Å². The van der Waals surface area contributed by atoms with Crippen molar-refractivity contribution in [2.24, 2.45) is 0 Å². The van der Waals surface area contributed by atoms with Crippen molar-refractivity contribution in [1.82, 2.24) is 10.6 Å². The minimum Gasteiger partial charge on any atom is -0.493 e. The fraction of sp³-hybridized carbons (Fsp3) is 0.341. The van der Waals surface area contributed by atoms with Crippen LogP contribution in [0.3, 0.4) is 0 Å². The van der Waals surface area contributed by atoms with Gasteiger partial charge in [0.1, 0.15) is 0 Å². The molecule has 0 saturated heterocycles. The van der Waals surface area contributed by atoms with Crippen molar-refractivity contribution in [3.05, 3.63) is 125 Å². The van der Waals surface area contributed by atoms with Crippen LogP contribution in [-0.4, -0.2) is 51.0 Å². The van der Waals surface area contributed by atoms with Gasteiger partial charge in [0, 0.05) is 17.6 Å². The minimum absolute atomic E-state index is 0.0359. The van der Waals surface area contributed by atoms with Crippen molar-refractivity contribution < 1.29 is 28.6 Å². The van der Waals surface area contributed by atoms with Gasteiger partial charge in [-0.2, -0.15) is 0 Å². The summed E-state index contributed by atoms with van der Waals surface area (Å²) in [6.07, 6.45) is 6.60. The van der Waals surface area contributed by atoms with E-state index >= 15 is 0 Å². The molecule has 0 radical (unpaired) electrons. The van der Waals surface area contributed by atoms with Crippen molar-refractivity contribution in [3.8, 4) is 17.2 Å². The molecule has 0 heterocycles. The van der Waals surface area contributed by atoms with E-state index in [-0.39, 0.29) is 29.0 Å². The average molecular weight is 663 g/mol. The molecule has 1 aliphatic carbocycles. The van der Waals surface area contributed by atoms with E-state index in [1.807, 2.05) is 36.4 Å². The third kappa shape index (κ3) is 9.08. The lowest BCUT2D eigenvalue weighted by Gasteiger charge is -2.34. The highest BCUT2D eigenvalue weighted by atomic mass is 16.5. The van der Waals surface area contributed by atoms with Gasteiger partial charge in [0.05, 0.1) is 27.2 Å². The summed E-state index contributed by atoms with van der Waals surface area (Å²) in [6.45, 7) is 0. The third-order valence-corrected chi connectivity index (χ3v) is 9.32. The molecule has 2 N–H and O–H groups in total. The van der Waals surface area contributed by atoms with E-state index in [1.165, 1.54) is 44.6 Å². The fourth-order valence-electron chi connectivity index (χ4n) is 6.79. The number of nitrogens with one attached hydrogen (secondary N) is 2. The SMILES string of the molecule is COc1cc(C(=O)C(=O)N[C@@H]2CCc3ccccc3[C@H]2C(=O)NC(CCCc2ccccc2)CCCc2ccccc2)cc(OC)c1OC. The average Bonchev–Trinajstić information content (AvgIpc) is 3.14. The first-order valence-electron chi connectivity index (χ1n) is 17.0. The van der Waals surface area contributed by atoms with Gasteiger partial charge >= 0.3 is 0 Å². The maximum Gasteiger partial charge on any atom is 0.292 e. The maximum absolute atomic E-state index is 14.3. The predicted octanol–water partition coefficient (Wildman–Crippen LogP) is 6.64. The molecule has 0 aliphatic heterocycles. The zero-order chi connectivity index (χ0) is 34.6. The normalized spacial score (nSPS) is 15.2. The molecule has 2 amide bonds. The highest BCUT2D eigenvalue weighted by Gasteiger charge is 2.37. The Hall–Kier alpha value is -5.11. The number of amides is 2. The number of benzene rings is 4. The summed E-state index contributed by atoms with van der Waals surface area (Å²) in [5.41, 5.74) is 4.61. The molecule has 8 nitrogen and oxygen atoms in total. The van der Waals surface area contributed by atoms with Gasteiger partial charge in [-0.15, -0.1) is 0 Å². The summed E-state index contributed by atoms with van der Waals surface area (Å²) < 4.78 is 16.1. The number of ketones is 1. The fourth-order valence-corrected chi connectivity index (χ4v) is 6.79. The van der Waals surface area contributed by atoms with E-state index in [0.717, 1.165) is 49.7 Å². The summed E-state index contributed by atoms with van der Waals surface area (Å²) in [4.78, 5) is 41.3. The molecule has 4 aromatic carbocycles. The van der Waals surface area contributed by atoms with E-state index in [2.05, 4.69) is 59.2 Å². The van der Waals surface area contributed by atoms with Crippen molar-refractivity contribution >= 4 is 17.6 Å². The Morgan fingerprint density at radius 2 is 1.29 bits per heavy atom. The molecule has 4 aromatic rings. The summed E-state index contributed by atoms with van der Waals surface area (Å²) >= 11 is 0. The van der Waals surface area contributed by atoms with Gasteiger partial charge in [-0.25, -0.2) is 0 Å². The Kier molecular flexibility index (Phi) is 12.5. The van der Waals surface area contributed by atoms with Crippen LogP contribution < -0.4 is 24.8 Å². The van der Waals surface area contributed by atoms with E-state index in [9.17, 15) is 14.4 Å². The van der Waals surface area contributed by atoms with Gasteiger partial charge in [-0.3, -0.25) is 14.4 Å². The Labute approximate surface area is 289 Å². The van der Waals surface area contributed by atoms with Gasteiger partial charge in [0.2, 0.25) is 17.4 Å². The van der Waals surface area contributed by atoms with Crippen molar-refractivity contribution in [3.63, 3.8) is 0 Å². The van der Waals surface area contributed by atoms with Gasteiger partial charge < -0.3 is 24.8 Å². The zero-order valence-corrected chi connectivity index (χ0v) is 28.6. The zero-order valence-electron chi connectivity index (χ0n) is 28.6. The van der Waals surface area contributed by atoms with E-state index in [4.69, 9.17) is 14.2 Å². The van der Waals surface area contributed by atoms with Crippen LogP contribution in [0.5, 0.6) is 17.2 Å². The lowest BCUT2D eigenvalue weighted by atomic mass is 9.78. The molecule has 8 heteroatoms. The number of fused-ring (bicyclic) bond motifs is 1. The molecular weight excluding hydrogens is 616 g/mol. The number of carbonyl (C=O) groups is 3.